The van der Waals surface area contributed by atoms with E-state index in [9.17, 15) is 4.79 Å². The smallest absolute Gasteiger partial charge is 0.220 e. The summed E-state index contributed by atoms with van der Waals surface area (Å²) < 4.78 is 5.37. The summed E-state index contributed by atoms with van der Waals surface area (Å²) in [5.74, 6) is 1.45. The molecule has 0 unspecified atom stereocenters. The Kier molecular flexibility index (Phi) is 5.56. The zero-order valence-electron chi connectivity index (χ0n) is 9.88. The van der Waals surface area contributed by atoms with Crippen LogP contribution >= 0.6 is 0 Å². The van der Waals surface area contributed by atoms with Crippen LogP contribution < -0.4 is 10.6 Å². The van der Waals surface area contributed by atoms with Crippen LogP contribution in [0.3, 0.4) is 0 Å². The summed E-state index contributed by atoms with van der Waals surface area (Å²) in [6.07, 6.45) is 3.89. The van der Waals surface area contributed by atoms with E-state index in [1.165, 1.54) is 0 Å². The number of hydrogen-bond donors (Lipinski definition) is 2. The summed E-state index contributed by atoms with van der Waals surface area (Å²) in [5, 5.41) is 5.77. The predicted octanol–water partition coefficient (Wildman–Crippen LogP) is 0.853. The zero-order valence-corrected chi connectivity index (χ0v) is 9.88. The monoisotopic (exact) mass is 225 g/mol. The van der Waals surface area contributed by atoms with Gasteiger partial charge in [0, 0.05) is 12.8 Å². The number of rotatable bonds is 7. The van der Waals surface area contributed by atoms with Crippen LogP contribution in [0.5, 0.6) is 0 Å². The van der Waals surface area contributed by atoms with Gasteiger partial charge in [0.2, 0.25) is 11.8 Å². The van der Waals surface area contributed by atoms with Gasteiger partial charge >= 0.3 is 0 Å². The fourth-order valence-electron chi connectivity index (χ4n) is 1.28. The molecule has 16 heavy (non-hydrogen) atoms. The average molecular weight is 225 g/mol. The van der Waals surface area contributed by atoms with E-state index in [4.69, 9.17) is 4.42 Å². The van der Waals surface area contributed by atoms with Crippen molar-refractivity contribution in [3.63, 3.8) is 0 Å². The van der Waals surface area contributed by atoms with E-state index >= 15 is 0 Å². The Hall–Kier alpha value is -1.36. The van der Waals surface area contributed by atoms with Gasteiger partial charge in [-0.15, -0.1) is 0 Å². The highest BCUT2D eigenvalue weighted by Crippen LogP contribution is 2.03. The number of nitrogens with zero attached hydrogens (tertiary/aromatic N) is 1. The van der Waals surface area contributed by atoms with Crippen LogP contribution in [0.15, 0.2) is 10.6 Å². The number of amides is 1. The van der Waals surface area contributed by atoms with Gasteiger partial charge in [0.1, 0.15) is 5.76 Å². The highest BCUT2D eigenvalue weighted by atomic mass is 16.4. The molecule has 2 N–H and O–H groups in total. The second-order valence-corrected chi connectivity index (χ2v) is 3.56. The van der Waals surface area contributed by atoms with Crippen LogP contribution in [0.25, 0.3) is 0 Å². The number of oxazole rings is 1. The Morgan fingerprint density at radius 1 is 1.56 bits per heavy atom. The Morgan fingerprint density at radius 2 is 2.38 bits per heavy atom. The minimum absolute atomic E-state index is 0.0338. The van der Waals surface area contributed by atoms with Crippen LogP contribution in [0.1, 0.15) is 31.4 Å². The first-order valence-corrected chi connectivity index (χ1v) is 5.61. The molecular formula is C11H19N3O2. The maximum atomic E-state index is 11.4. The van der Waals surface area contributed by atoms with Gasteiger partial charge in [0.15, 0.2) is 0 Å². The van der Waals surface area contributed by atoms with E-state index in [0.717, 1.165) is 25.1 Å². The topological polar surface area (TPSA) is 67.2 Å². The van der Waals surface area contributed by atoms with Crippen LogP contribution in [0.2, 0.25) is 0 Å². The van der Waals surface area contributed by atoms with E-state index in [2.05, 4.69) is 15.6 Å². The highest BCUT2D eigenvalue weighted by Gasteiger charge is 2.04. The maximum absolute atomic E-state index is 11.4. The van der Waals surface area contributed by atoms with Crippen LogP contribution in [-0.4, -0.2) is 24.5 Å². The molecule has 0 radical (unpaired) electrons. The van der Waals surface area contributed by atoms with Gasteiger partial charge < -0.3 is 15.1 Å². The number of hydrogen-bond acceptors (Lipinski definition) is 4. The van der Waals surface area contributed by atoms with Gasteiger partial charge in [-0.3, -0.25) is 4.79 Å². The van der Waals surface area contributed by atoms with Crippen molar-refractivity contribution in [1.82, 2.24) is 15.6 Å². The molecule has 0 fully saturated rings. The minimum Gasteiger partial charge on any atom is -0.444 e. The second kappa shape index (κ2) is 7.00. The molecule has 1 amide bonds. The summed E-state index contributed by atoms with van der Waals surface area (Å²) in [7, 11) is 1.87. The fraction of sp³-hybridized carbons (Fsp3) is 0.636. The number of aromatic nitrogens is 1. The van der Waals surface area contributed by atoms with E-state index in [0.29, 0.717) is 18.9 Å². The molecule has 0 atom stereocenters. The Labute approximate surface area is 95.6 Å². The van der Waals surface area contributed by atoms with Crippen molar-refractivity contribution in [2.45, 2.75) is 32.7 Å². The lowest BCUT2D eigenvalue weighted by atomic mass is 10.3. The molecule has 1 heterocycles. The molecule has 1 aromatic heterocycles. The Bertz CT molecular complexity index is 323. The summed E-state index contributed by atoms with van der Waals surface area (Å²) in [6, 6.07) is 0. The molecule has 0 aliphatic carbocycles. The molecule has 0 aliphatic rings. The van der Waals surface area contributed by atoms with Gasteiger partial charge in [0.25, 0.3) is 0 Å². The van der Waals surface area contributed by atoms with E-state index in [1.807, 2.05) is 14.0 Å². The highest BCUT2D eigenvalue weighted by molar-refractivity contribution is 5.75. The third kappa shape index (κ3) is 4.44. The van der Waals surface area contributed by atoms with Crippen molar-refractivity contribution in [3.05, 3.63) is 17.8 Å². The number of nitrogens with one attached hydrogen (secondary N) is 2. The van der Waals surface area contributed by atoms with Gasteiger partial charge in [-0.25, -0.2) is 4.98 Å². The molecule has 0 saturated heterocycles. The Morgan fingerprint density at radius 3 is 3.00 bits per heavy atom. The molecular weight excluding hydrogens is 206 g/mol. The standard InChI is InChI=1S/C11H19N3O2/c1-3-9-7-14-11(16-9)8-13-10(15)5-4-6-12-2/h7,12H,3-6,8H2,1-2H3,(H,13,15). The molecule has 0 aromatic carbocycles. The predicted molar refractivity (Wildman–Crippen MR) is 60.9 cm³/mol. The molecule has 90 valence electrons. The van der Waals surface area contributed by atoms with Crippen molar-refractivity contribution in [2.24, 2.45) is 0 Å². The normalized spacial score (nSPS) is 10.4. The van der Waals surface area contributed by atoms with Gasteiger partial charge in [-0.05, 0) is 20.0 Å². The lowest BCUT2D eigenvalue weighted by Crippen LogP contribution is -2.23. The summed E-state index contributed by atoms with van der Waals surface area (Å²) in [5.41, 5.74) is 0. The third-order valence-electron chi connectivity index (χ3n) is 2.22. The van der Waals surface area contributed by atoms with Gasteiger partial charge in [0.05, 0.1) is 12.7 Å². The van der Waals surface area contributed by atoms with Gasteiger partial charge in [-0.1, -0.05) is 6.92 Å². The maximum Gasteiger partial charge on any atom is 0.220 e. The largest absolute Gasteiger partial charge is 0.444 e. The van der Waals surface area contributed by atoms with Crippen LogP contribution in [-0.2, 0) is 17.8 Å². The quantitative estimate of drug-likeness (QED) is 0.675. The van der Waals surface area contributed by atoms with Crippen molar-refractivity contribution in [1.29, 1.82) is 0 Å². The van der Waals surface area contributed by atoms with E-state index < -0.39 is 0 Å². The fourth-order valence-corrected chi connectivity index (χ4v) is 1.28. The van der Waals surface area contributed by atoms with Gasteiger partial charge in [-0.2, -0.15) is 0 Å². The molecule has 1 rings (SSSR count). The molecule has 5 heteroatoms. The first kappa shape index (κ1) is 12.7. The third-order valence-corrected chi connectivity index (χ3v) is 2.22. The summed E-state index contributed by atoms with van der Waals surface area (Å²) >= 11 is 0. The second-order valence-electron chi connectivity index (χ2n) is 3.56. The van der Waals surface area contributed by atoms with Crippen molar-refractivity contribution < 1.29 is 9.21 Å². The van der Waals surface area contributed by atoms with Crippen molar-refractivity contribution >= 4 is 5.91 Å². The lowest BCUT2D eigenvalue weighted by Gasteiger charge is -2.02. The number of aryl methyl sites for hydroxylation is 1. The number of carbonyl (C=O) groups is 1. The minimum atomic E-state index is 0.0338. The molecule has 0 aliphatic heterocycles. The van der Waals surface area contributed by atoms with Crippen molar-refractivity contribution in [2.75, 3.05) is 13.6 Å². The summed E-state index contributed by atoms with van der Waals surface area (Å²) in [6.45, 7) is 3.23. The van der Waals surface area contributed by atoms with Crippen molar-refractivity contribution in [3.8, 4) is 0 Å². The molecule has 5 nitrogen and oxygen atoms in total. The van der Waals surface area contributed by atoms with Crippen LogP contribution in [0, 0.1) is 0 Å². The lowest BCUT2D eigenvalue weighted by molar-refractivity contribution is -0.121. The molecule has 0 spiro atoms. The molecule has 0 bridgehead atoms. The Balaban J connectivity index is 2.20. The first-order chi connectivity index (χ1) is 7.76. The summed E-state index contributed by atoms with van der Waals surface area (Å²) in [4.78, 5) is 15.4. The number of carbonyl (C=O) groups excluding carboxylic acids is 1. The first-order valence-electron chi connectivity index (χ1n) is 5.61. The SMILES string of the molecule is CCc1cnc(CNC(=O)CCCNC)o1. The van der Waals surface area contributed by atoms with E-state index in [-0.39, 0.29) is 5.91 Å². The molecule has 1 aromatic rings. The average Bonchev–Trinajstić information content (AvgIpc) is 2.74. The molecule has 0 saturated carbocycles. The van der Waals surface area contributed by atoms with Crippen LogP contribution in [0.4, 0.5) is 0 Å². The van der Waals surface area contributed by atoms with E-state index in [1.54, 1.807) is 6.20 Å². The zero-order chi connectivity index (χ0) is 11.8.